The van der Waals surface area contributed by atoms with Gasteiger partial charge in [0.05, 0.1) is 4.92 Å². The van der Waals surface area contributed by atoms with Crippen molar-refractivity contribution in [1.82, 2.24) is 4.98 Å². The van der Waals surface area contributed by atoms with Crippen LogP contribution in [0.25, 0.3) is 0 Å². The zero-order chi connectivity index (χ0) is 14.7. The monoisotopic (exact) mass is 399 g/mol. The molecule has 0 bridgehead atoms. The molecule has 0 spiro atoms. The molecule has 0 aliphatic heterocycles. The van der Waals surface area contributed by atoms with Gasteiger partial charge in [0.1, 0.15) is 10.3 Å². The van der Waals surface area contributed by atoms with Gasteiger partial charge < -0.3 is 5.32 Å². The summed E-state index contributed by atoms with van der Waals surface area (Å²) < 4.78 is 1.07. The third-order valence-corrected chi connectivity index (χ3v) is 3.32. The van der Waals surface area contributed by atoms with Crippen LogP contribution in [0.5, 0.6) is 0 Å². The Bertz CT molecular complexity index is 691. The van der Waals surface area contributed by atoms with Crippen molar-refractivity contribution in [2.45, 2.75) is 0 Å². The Labute approximate surface area is 130 Å². The first-order valence-electron chi connectivity index (χ1n) is 5.34. The van der Waals surface area contributed by atoms with Crippen molar-refractivity contribution in [3.05, 3.63) is 61.3 Å². The van der Waals surface area contributed by atoms with Crippen LogP contribution in [-0.2, 0) is 0 Å². The predicted molar refractivity (Wildman–Crippen MR) is 80.7 cm³/mol. The van der Waals surface area contributed by atoms with Crippen LogP contribution in [0.1, 0.15) is 10.4 Å². The van der Waals surface area contributed by atoms with Crippen molar-refractivity contribution >= 4 is 49.1 Å². The van der Waals surface area contributed by atoms with Gasteiger partial charge in [-0.3, -0.25) is 14.9 Å². The summed E-state index contributed by atoms with van der Waals surface area (Å²) in [7, 11) is 0. The number of nitro benzene ring substituents is 1. The summed E-state index contributed by atoms with van der Waals surface area (Å²) in [6.07, 6.45) is 1.47. The molecule has 0 radical (unpaired) electrons. The highest BCUT2D eigenvalue weighted by Crippen LogP contribution is 2.28. The average molecular weight is 401 g/mol. The fraction of sp³-hybridized carbons (Fsp3) is 0. The number of carbonyl (C=O) groups excluding carboxylic acids is 1. The van der Waals surface area contributed by atoms with Gasteiger partial charge in [-0.05, 0) is 40.2 Å². The smallest absolute Gasteiger partial charge is 0.293 e. The van der Waals surface area contributed by atoms with E-state index in [2.05, 4.69) is 42.2 Å². The number of nitrogens with zero attached hydrogens (tertiary/aromatic N) is 2. The van der Waals surface area contributed by atoms with Gasteiger partial charge in [0, 0.05) is 22.3 Å². The standard InChI is InChI=1S/C12H7Br2N3O3/c13-8-1-2-9(10(6-8)17(19)20)16-12(18)7-3-4-15-11(14)5-7/h1-6H,(H,16,18). The highest BCUT2D eigenvalue weighted by molar-refractivity contribution is 9.10. The molecular weight excluding hydrogens is 394 g/mol. The molecule has 2 rings (SSSR count). The van der Waals surface area contributed by atoms with Gasteiger partial charge in [0.15, 0.2) is 0 Å². The van der Waals surface area contributed by atoms with Gasteiger partial charge in [-0.2, -0.15) is 0 Å². The third kappa shape index (κ3) is 3.40. The van der Waals surface area contributed by atoms with Gasteiger partial charge in [-0.1, -0.05) is 15.9 Å². The number of halogens is 2. The molecule has 102 valence electrons. The van der Waals surface area contributed by atoms with Gasteiger partial charge in [0.2, 0.25) is 0 Å². The topological polar surface area (TPSA) is 85.1 Å². The van der Waals surface area contributed by atoms with Crippen molar-refractivity contribution in [3.63, 3.8) is 0 Å². The lowest BCUT2D eigenvalue weighted by Crippen LogP contribution is -2.13. The summed E-state index contributed by atoms with van der Waals surface area (Å²) in [6, 6.07) is 7.46. The van der Waals surface area contributed by atoms with E-state index in [0.29, 0.717) is 14.6 Å². The summed E-state index contributed by atoms with van der Waals surface area (Å²) in [5.74, 6) is -0.446. The Balaban J connectivity index is 2.30. The van der Waals surface area contributed by atoms with E-state index in [0.717, 1.165) is 0 Å². The molecule has 0 fully saturated rings. The maximum absolute atomic E-state index is 12.0. The highest BCUT2D eigenvalue weighted by atomic mass is 79.9. The molecular formula is C12H7Br2N3O3. The molecule has 0 saturated heterocycles. The zero-order valence-electron chi connectivity index (χ0n) is 9.84. The lowest BCUT2D eigenvalue weighted by Gasteiger charge is -2.06. The number of amides is 1. The number of nitrogens with one attached hydrogen (secondary N) is 1. The van der Waals surface area contributed by atoms with Crippen molar-refractivity contribution in [3.8, 4) is 0 Å². The molecule has 8 heteroatoms. The van der Waals surface area contributed by atoms with Crippen molar-refractivity contribution < 1.29 is 9.72 Å². The second-order valence-corrected chi connectivity index (χ2v) is 5.47. The normalized spacial score (nSPS) is 10.1. The van der Waals surface area contributed by atoms with E-state index in [1.165, 1.54) is 30.5 Å². The van der Waals surface area contributed by atoms with Crippen LogP contribution in [0.2, 0.25) is 0 Å². The number of nitro groups is 1. The molecule has 0 atom stereocenters. The van der Waals surface area contributed by atoms with Crippen molar-refractivity contribution in [1.29, 1.82) is 0 Å². The predicted octanol–water partition coefficient (Wildman–Crippen LogP) is 3.77. The second-order valence-electron chi connectivity index (χ2n) is 3.74. The van der Waals surface area contributed by atoms with E-state index >= 15 is 0 Å². The SMILES string of the molecule is O=C(Nc1ccc(Br)cc1[N+](=O)[O-])c1ccnc(Br)c1. The summed E-state index contributed by atoms with van der Waals surface area (Å²) in [6.45, 7) is 0. The van der Waals surface area contributed by atoms with Gasteiger partial charge in [0.25, 0.3) is 11.6 Å². The second kappa shape index (κ2) is 6.10. The first-order chi connectivity index (χ1) is 9.47. The van der Waals surface area contributed by atoms with Gasteiger partial charge in [-0.25, -0.2) is 4.98 Å². The van der Waals surface area contributed by atoms with E-state index in [-0.39, 0.29) is 11.4 Å². The minimum Gasteiger partial charge on any atom is -0.316 e. The zero-order valence-corrected chi connectivity index (χ0v) is 13.0. The number of hydrogen-bond acceptors (Lipinski definition) is 4. The number of pyridine rings is 1. The Morgan fingerprint density at radius 3 is 2.65 bits per heavy atom. The maximum atomic E-state index is 12.0. The molecule has 1 aromatic heterocycles. The third-order valence-electron chi connectivity index (χ3n) is 2.39. The molecule has 20 heavy (non-hydrogen) atoms. The van der Waals surface area contributed by atoms with E-state index in [9.17, 15) is 14.9 Å². The van der Waals surface area contributed by atoms with Crippen LogP contribution in [0.3, 0.4) is 0 Å². The Morgan fingerprint density at radius 2 is 2.00 bits per heavy atom. The number of rotatable bonds is 3. The molecule has 1 heterocycles. The summed E-state index contributed by atoms with van der Waals surface area (Å²) in [4.78, 5) is 26.4. The quantitative estimate of drug-likeness (QED) is 0.482. The van der Waals surface area contributed by atoms with E-state index in [1.54, 1.807) is 6.07 Å². The number of carbonyl (C=O) groups is 1. The van der Waals surface area contributed by atoms with Gasteiger partial charge >= 0.3 is 0 Å². The minimum atomic E-state index is -0.553. The van der Waals surface area contributed by atoms with Crippen molar-refractivity contribution in [2.75, 3.05) is 5.32 Å². The number of anilines is 1. The first-order valence-corrected chi connectivity index (χ1v) is 6.93. The molecule has 0 unspecified atom stereocenters. The molecule has 2 aromatic rings. The lowest BCUT2D eigenvalue weighted by atomic mass is 10.2. The van der Waals surface area contributed by atoms with Crippen LogP contribution in [0.15, 0.2) is 45.6 Å². The Kier molecular flexibility index (Phi) is 4.46. The largest absolute Gasteiger partial charge is 0.316 e. The van der Waals surface area contributed by atoms with E-state index < -0.39 is 10.8 Å². The fourth-order valence-corrected chi connectivity index (χ4v) is 2.21. The molecule has 1 amide bonds. The summed E-state index contributed by atoms with van der Waals surface area (Å²) >= 11 is 6.31. The highest BCUT2D eigenvalue weighted by Gasteiger charge is 2.17. The number of hydrogen-bond donors (Lipinski definition) is 1. The molecule has 0 aliphatic rings. The van der Waals surface area contributed by atoms with Crippen LogP contribution in [-0.4, -0.2) is 15.8 Å². The molecule has 1 N–H and O–H groups in total. The van der Waals surface area contributed by atoms with E-state index in [4.69, 9.17) is 0 Å². The first kappa shape index (κ1) is 14.6. The van der Waals surface area contributed by atoms with Crippen molar-refractivity contribution in [2.24, 2.45) is 0 Å². The fourth-order valence-electron chi connectivity index (χ4n) is 1.50. The van der Waals surface area contributed by atoms with E-state index in [1.807, 2.05) is 0 Å². The summed E-state index contributed by atoms with van der Waals surface area (Å²) in [5.41, 5.74) is 0.307. The minimum absolute atomic E-state index is 0.135. The van der Waals surface area contributed by atoms with Crippen LogP contribution in [0.4, 0.5) is 11.4 Å². The van der Waals surface area contributed by atoms with Crippen LogP contribution in [0, 0.1) is 10.1 Å². The number of aromatic nitrogens is 1. The average Bonchev–Trinajstić information content (AvgIpc) is 2.40. The summed E-state index contributed by atoms with van der Waals surface area (Å²) in [5, 5.41) is 13.5. The molecule has 0 saturated carbocycles. The number of benzene rings is 1. The maximum Gasteiger partial charge on any atom is 0.293 e. The Morgan fingerprint density at radius 1 is 1.25 bits per heavy atom. The van der Waals surface area contributed by atoms with Crippen LogP contribution >= 0.6 is 31.9 Å². The molecule has 6 nitrogen and oxygen atoms in total. The molecule has 1 aromatic carbocycles. The Hall–Kier alpha value is -1.80. The lowest BCUT2D eigenvalue weighted by molar-refractivity contribution is -0.384. The van der Waals surface area contributed by atoms with Crippen LogP contribution < -0.4 is 5.32 Å². The molecule has 0 aliphatic carbocycles. The van der Waals surface area contributed by atoms with Gasteiger partial charge in [-0.15, -0.1) is 0 Å².